The average Bonchev–Trinajstić information content (AvgIpc) is 3.36. The molecule has 2 aliphatic rings. The molecule has 0 bridgehead atoms. The zero-order valence-electron chi connectivity index (χ0n) is 17.8. The van der Waals surface area contributed by atoms with Crippen LogP contribution in [-0.4, -0.2) is 48.1 Å². The summed E-state index contributed by atoms with van der Waals surface area (Å²) in [5.41, 5.74) is 1.19. The molecule has 2 unspecified atom stereocenters. The van der Waals surface area contributed by atoms with Crippen LogP contribution < -0.4 is 16.0 Å². The molecule has 8 nitrogen and oxygen atoms in total. The standard InChI is InChI=1S/C18H20N4O4.C5H10/c23-10-13(7-12-5-6-19-17(12)25)21-16(24)9-20-18(26)15-8-11-3-1-2-4-14(11)22-15;1-5-3-2-4-5/h1-4,8,10,12-13,22H,5-7,9H2,(H,19,25)(H,20,26)(H,21,24);5H,2-4H2,1H3. The Labute approximate surface area is 181 Å². The smallest absolute Gasteiger partial charge is 0.268 e. The summed E-state index contributed by atoms with van der Waals surface area (Å²) in [7, 11) is 0. The Balaban J connectivity index is 0.000000478. The van der Waals surface area contributed by atoms with Crippen LogP contribution in [0.25, 0.3) is 10.9 Å². The topological polar surface area (TPSA) is 120 Å². The van der Waals surface area contributed by atoms with Gasteiger partial charge in [0.05, 0.1) is 12.6 Å². The zero-order valence-corrected chi connectivity index (χ0v) is 17.8. The molecule has 8 heteroatoms. The average molecular weight is 427 g/mol. The van der Waals surface area contributed by atoms with Crippen LogP contribution in [-0.2, 0) is 14.4 Å². The van der Waals surface area contributed by atoms with Crippen molar-refractivity contribution in [2.45, 2.75) is 45.1 Å². The van der Waals surface area contributed by atoms with Crippen molar-refractivity contribution in [1.29, 1.82) is 0 Å². The highest BCUT2D eigenvalue weighted by molar-refractivity contribution is 5.99. The van der Waals surface area contributed by atoms with E-state index in [4.69, 9.17) is 0 Å². The molecule has 1 aliphatic carbocycles. The summed E-state index contributed by atoms with van der Waals surface area (Å²) in [5.74, 6) is -0.196. The Morgan fingerprint density at radius 1 is 1.23 bits per heavy atom. The molecule has 4 rings (SSSR count). The Bertz CT molecular complexity index is 902. The van der Waals surface area contributed by atoms with Crippen LogP contribution in [0, 0.1) is 11.8 Å². The van der Waals surface area contributed by atoms with E-state index in [0.717, 1.165) is 16.8 Å². The monoisotopic (exact) mass is 426 g/mol. The molecule has 0 radical (unpaired) electrons. The largest absolute Gasteiger partial charge is 0.356 e. The molecule has 2 atom stereocenters. The molecule has 1 aromatic carbocycles. The van der Waals surface area contributed by atoms with Gasteiger partial charge in [-0.1, -0.05) is 44.4 Å². The Morgan fingerprint density at radius 3 is 2.55 bits per heavy atom. The van der Waals surface area contributed by atoms with E-state index in [1.165, 1.54) is 19.3 Å². The second-order valence-electron chi connectivity index (χ2n) is 8.31. The number of carbonyl (C=O) groups is 4. The second-order valence-corrected chi connectivity index (χ2v) is 8.31. The maximum absolute atomic E-state index is 12.2. The number of aromatic nitrogens is 1. The molecule has 1 saturated carbocycles. The highest BCUT2D eigenvalue weighted by atomic mass is 16.2. The number of hydrogen-bond acceptors (Lipinski definition) is 4. The number of hydrogen-bond donors (Lipinski definition) is 4. The van der Waals surface area contributed by atoms with Crippen molar-refractivity contribution >= 4 is 34.9 Å². The van der Waals surface area contributed by atoms with Gasteiger partial charge in [-0.25, -0.2) is 0 Å². The predicted molar refractivity (Wildman–Crippen MR) is 117 cm³/mol. The zero-order chi connectivity index (χ0) is 22.2. The van der Waals surface area contributed by atoms with Crippen molar-refractivity contribution in [3.63, 3.8) is 0 Å². The number of nitrogens with one attached hydrogen (secondary N) is 4. The number of amides is 3. The normalized spacial score (nSPS) is 18.9. The van der Waals surface area contributed by atoms with E-state index >= 15 is 0 Å². The molecular weight excluding hydrogens is 396 g/mol. The number of benzene rings is 1. The molecule has 2 aromatic rings. The first-order chi connectivity index (χ1) is 15.0. The van der Waals surface area contributed by atoms with E-state index in [9.17, 15) is 19.2 Å². The van der Waals surface area contributed by atoms with Gasteiger partial charge in [-0.05, 0) is 30.9 Å². The summed E-state index contributed by atoms with van der Waals surface area (Å²) in [4.78, 5) is 49.8. The Kier molecular flexibility index (Phi) is 7.81. The van der Waals surface area contributed by atoms with Gasteiger partial charge >= 0.3 is 0 Å². The summed E-state index contributed by atoms with van der Waals surface area (Å²) in [5, 5.41) is 8.64. The third-order valence-corrected chi connectivity index (χ3v) is 5.79. The van der Waals surface area contributed by atoms with Gasteiger partial charge in [-0.2, -0.15) is 0 Å². The van der Waals surface area contributed by atoms with Gasteiger partial charge in [0.1, 0.15) is 12.0 Å². The van der Waals surface area contributed by atoms with E-state index in [1.54, 1.807) is 6.07 Å². The summed E-state index contributed by atoms with van der Waals surface area (Å²) in [6.45, 7) is 2.64. The molecule has 2 fully saturated rings. The fourth-order valence-corrected chi connectivity index (χ4v) is 3.65. The molecule has 2 heterocycles. The fraction of sp³-hybridized carbons (Fsp3) is 0.478. The number of aldehydes is 1. The summed E-state index contributed by atoms with van der Waals surface area (Å²) >= 11 is 0. The van der Waals surface area contributed by atoms with Crippen LogP contribution >= 0.6 is 0 Å². The van der Waals surface area contributed by atoms with Gasteiger partial charge in [0.25, 0.3) is 5.91 Å². The number of aromatic amines is 1. The molecule has 1 aromatic heterocycles. The second kappa shape index (κ2) is 10.7. The Hall–Kier alpha value is -3.16. The SMILES string of the molecule is CC1CCC1.O=CC(CC1CCNC1=O)NC(=O)CNC(=O)c1cc2ccccc2[nH]1. The van der Waals surface area contributed by atoms with Gasteiger partial charge in [-0.3, -0.25) is 14.4 Å². The van der Waals surface area contributed by atoms with Crippen LogP contribution in [0.3, 0.4) is 0 Å². The van der Waals surface area contributed by atoms with Crippen molar-refractivity contribution < 1.29 is 19.2 Å². The van der Waals surface area contributed by atoms with Crippen LogP contribution in [0.2, 0.25) is 0 Å². The van der Waals surface area contributed by atoms with Crippen LogP contribution in [0.1, 0.15) is 49.5 Å². The maximum atomic E-state index is 12.2. The number of carbonyl (C=O) groups excluding carboxylic acids is 4. The van der Waals surface area contributed by atoms with Gasteiger partial charge in [0.15, 0.2) is 0 Å². The fourth-order valence-electron chi connectivity index (χ4n) is 3.65. The van der Waals surface area contributed by atoms with Gasteiger partial charge in [-0.15, -0.1) is 0 Å². The molecule has 4 N–H and O–H groups in total. The van der Waals surface area contributed by atoms with E-state index < -0.39 is 17.9 Å². The Morgan fingerprint density at radius 2 is 1.97 bits per heavy atom. The lowest BCUT2D eigenvalue weighted by atomic mass is 9.88. The van der Waals surface area contributed by atoms with Crippen molar-refractivity contribution in [3.8, 4) is 0 Å². The summed E-state index contributed by atoms with van der Waals surface area (Å²) in [6.07, 6.45) is 5.98. The molecule has 1 saturated heterocycles. The minimum atomic E-state index is -0.749. The number of para-hydroxylation sites is 1. The molecule has 1 aliphatic heterocycles. The van der Waals surface area contributed by atoms with E-state index in [0.29, 0.717) is 24.9 Å². The molecule has 166 valence electrons. The van der Waals surface area contributed by atoms with Crippen molar-refractivity contribution in [2.24, 2.45) is 11.8 Å². The van der Waals surface area contributed by atoms with Crippen molar-refractivity contribution in [3.05, 3.63) is 36.0 Å². The lowest BCUT2D eigenvalue weighted by Gasteiger charge is -2.18. The third kappa shape index (κ3) is 6.41. The highest BCUT2D eigenvalue weighted by Gasteiger charge is 2.27. The number of H-pyrrole nitrogens is 1. The van der Waals surface area contributed by atoms with Gasteiger partial charge in [0.2, 0.25) is 11.8 Å². The third-order valence-electron chi connectivity index (χ3n) is 5.79. The molecular formula is C23H30N4O4. The molecule has 31 heavy (non-hydrogen) atoms. The summed E-state index contributed by atoms with van der Waals surface area (Å²) < 4.78 is 0. The van der Waals surface area contributed by atoms with Crippen LogP contribution in [0.15, 0.2) is 30.3 Å². The van der Waals surface area contributed by atoms with Gasteiger partial charge in [0, 0.05) is 23.4 Å². The predicted octanol–water partition coefficient (Wildman–Crippen LogP) is 1.91. The number of rotatable bonds is 7. The lowest BCUT2D eigenvalue weighted by Crippen LogP contribution is -2.44. The van der Waals surface area contributed by atoms with Crippen molar-refractivity contribution in [1.82, 2.24) is 20.9 Å². The van der Waals surface area contributed by atoms with E-state index in [1.807, 2.05) is 24.3 Å². The summed E-state index contributed by atoms with van der Waals surface area (Å²) in [6, 6.07) is 8.42. The van der Waals surface area contributed by atoms with Crippen LogP contribution in [0.5, 0.6) is 0 Å². The first-order valence-corrected chi connectivity index (χ1v) is 10.8. The van der Waals surface area contributed by atoms with Gasteiger partial charge < -0.3 is 25.7 Å². The quantitative estimate of drug-likeness (QED) is 0.506. The maximum Gasteiger partial charge on any atom is 0.268 e. The van der Waals surface area contributed by atoms with E-state index in [2.05, 4.69) is 27.9 Å². The highest BCUT2D eigenvalue weighted by Crippen LogP contribution is 2.24. The van der Waals surface area contributed by atoms with E-state index in [-0.39, 0.29) is 24.8 Å². The minimum Gasteiger partial charge on any atom is -0.356 e. The minimum absolute atomic E-state index is 0.0989. The first kappa shape index (κ1) is 22.5. The van der Waals surface area contributed by atoms with Crippen molar-refractivity contribution in [2.75, 3.05) is 13.1 Å². The van der Waals surface area contributed by atoms with Crippen LogP contribution in [0.4, 0.5) is 0 Å². The first-order valence-electron chi connectivity index (χ1n) is 10.8. The molecule has 3 amide bonds. The lowest BCUT2D eigenvalue weighted by molar-refractivity contribution is -0.125. The number of fused-ring (bicyclic) bond motifs is 1. The molecule has 0 spiro atoms.